The highest BCUT2D eigenvalue weighted by Gasteiger charge is 2.12. The molecule has 1 aromatic carbocycles. The molecule has 1 rings (SSSR count). The average Bonchev–Trinajstić information content (AvgIpc) is 2.59. The molecule has 0 fully saturated rings. The Balaban J connectivity index is 2.41. The summed E-state index contributed by atoms with van der Waals surface area (Å²) < 4.78 is 26.1. The van der Waals surface area contributed by atoms with Crippen LogP contribution in [0.25, 0.3) is 0 Å². The van der Waals surface area contributed by atoms with Crippen molar-refractivity contribution >= 4 is 15.9 Å². The minimum absolute atomic E-state index is 0.00330. The van der Waals surface area contributed by atoms with Crippen LogP contribution in [-0.2, 0) is 14.8 Å². The lowest BCUT2D eigenvalue weighted by atomic mass is 10.0. The van der Waals surface area contributed by atoms with Gasteiger partial charge in [0, 0.05) is 32.0 Å². The van der Waals surface area contributed by atoms with E-state index < -0.39 is 10.0 Å². The molecule has 0 saturated carbocycles. The molecule has 0 radical (unpaired) electrons. The summed E-state index contributed by atoms with van der Waals surface area (Å²) in [5, 5.41) is 2.77. The summed E-state index contributed by atoms with van der Waals surface area (Å²) in [6, 6.07) is 7.94. The lowest BCUT2D eigenvalue weighted by molar-refractivity contribution is -0.118. The summed E-state index contributed by atoms with van der Waals surface area (Å²) >= 11 is 0. The van der Waals surface area contributed by atoms with Crippen LogP contribution in [0.2, 0.25) is 0 Å². The average molecular weight is 379 g/mol. The second-order valence-corrected chi connectivity index (χ2v) is 8.36. The van der Waals surface area contributed by atoms with Gasteiger partial charge in [-0.1, -0.05) is 37.8 Å². The van der Waals surface area contributed by atoms with Crippen molar-refractivity contribution < 1.29 is 13.2 Å². The van der Waals surface area contributed by atoms with E-state index in [2.05, 4.69) is 21.9 Å². The Morgan fingerprint density at radius 3 is 2.50 bits per heavy atom. The third kappa shape index (κ3) is 9.59. The fraction of sp³-hybridized carbons (Fsp3) is 0.550. The van der Waals surface area contributed by atoms with Crippen molar-refractivity contribution in [3.63, 3.8) is 0 Å². The molecule has 6 heteroatoms. The van der Waals surface area contributed by atoms with Crippen LogP contribution in [-0.4, -0.2) is 33.2 Å². The fourth-order valence-electron chi connectivity index (χ4n) is 2.37. The van der Waals surface area contributed by atoms with Crippen molar-refractivity contribution in [2.45, 2.75) is 52.4 Å². The van der Waals surface area contributed by atoms with Crippen molar-refractivity contribution in [1.29, 1.82) is 0 Å². The minimum atomic E-state index is -3.16. The van der Waals surface area contributed by atoms with E-state index in [1.807, 2.05) is 38.1 Å². The van der Waals surface area contributed by atoms with Crippen molar-refractivity contribution in [3.8, 4) is 11.8 Å². The van der Waals surface area contributed by atoms with E-state index >= 15 is 0 Å². The van der Waals surface area contributed by atoms with Gasteiger partial charge in [-0.15, -0.1) is 0 Å². The van der Waals surface area contributed by atoms with E-state index in [9.17, 15) is 13.2 Å². The highest BCUT2D eigenvalue weighted by molar-refractivity contribution is 7.89. The predicted molar refractivity (Wildman–Crippen MR) is 106 cm³/mol. The first-order valence-electron chi connectivity index (χ1n) is 9.14. The van der Waals surface area contributed by atoms with E-state index in [-0.39, 0.29) is 17.6 Å². The van der Waals surface area contributed by atoms with Gasteiger partial charge in [0.05, 0.1) is 5.75 Å². The Morgan fingerprint density at radius 2 is 1.88 bits per heavy atom. The van der Waals surface area contributed by atoms with E-state index in [4.69, 9.17) is 0 Å². The van der Waals surface area contributed by atoms with Crippen LogP contribution in [0.1, 0.15) is 63.5 Å². The highest BCUT2D eigenvalue weighted by Crippen LogP contribution is 2.15. The Labute approximate surface area is 158 Å². The normalized spacial score (nSPS) is 12.1. The van der Waals surface area contributed by atoms with Gasteiger partial charge in [0.25, 0.3) is 0 Å². The minimum Gasteiger partial charge on any atom is -0.356 e. The number of unbranched alkanes of at least 4 members (excludes halogenated alkanes) is 2. The number of hydrogen-bond donors (Lipinski definition) is 2. The largest absolute Gasteiger partial charge is 0.356 e. The first kappa shape index (κ1) is 22.2. The van der Waals surface area contributed by atoms with Crippen molar-refractivity contribution in [1.82, 2.24) is 10.0 Å². The fourth-order valence-corrected chi connectivity index (χ4v) is 3.56. The van der Waals surface area contributed by atoms with Gasteiger partial charge >= 0.3 is 0 Å². The first-order valence-corrected chi connectivity index (χ1v) is 10.8. The number of sulfonamides is 1. The van der Waals surface area contributed by atoms with Gasteiger partial charge in [0.1, 0.15) is 0 Å². The van der Waals surface area contributed by atoms with E-state index in [0.717, 1.165) is 30.4 Å². The predicted octanol–water partition coefficient (Wildman–Crippen LogP) is 2.78. The molecule has 0 heterocycles. The van der Waals surface area contributed by atoms with Gasteiger partial charge in [0.2, 0.25) is 15.9 Å². The Hall–Kier alpha value is -1.84. The van der Waals surface area contributed by atoms with Crippen LogP contribution in [0, 0.1) is 11.8 Å². The molecule has 0 aliphatic rings. The number of carbonyl (C=O) groups excluding carboxylic acids is 1. The molecule has 0 aliphatic heterocycles. The molecule has 0 aromatic heterocycles. The van der Waals surface area contributed by atoms with Crippen molar-refractivity contribution in [2.24, 2.45) is 0 Å². The van der Waals surface area contributed by atoms with Gasteiger partial charge < -0.3 is 5.32 Å². The maximum atomic E-state index is 11.7. The van der Waals surface area contributed by atoms with Gasteiger partial charge in [-0.25, -0.2) is 13.1 Å². The first-order chi connectivity index (χ1) is 12.3. The van der Waals surface area contributed by atoms with Gasteiger partial charge in [-0.3, -0.25) is 4.79 Å². The summed E-state index contributed by atoms with van der Waals surface area (Å²) in [4.78, 5) is 10.7. The lowest BCUT2D eigenvalue weighted by Crippen LogP contribution is -2.29. The molecule has 144 valence electrons. The molecule has 2 N–H and O–H groups in total. The molecular formula is C20H30N2O3S. The number of nitrogens with one attached hydrogen (secondary N) is 2. The molecule has 1 unspecified atom stereocenters. The topological polar surface area (TPSA) is 75.3 Å². The molecule has 26 heavy (non-hydrogen) atoms. The second kappa shape index (κ2) is 11.7. The zero-order valence-electron chi connectivity index (χ0n) is 16.0. The highest BCUT2D eigenvalue weighted by atomic mass is 32.2. The molecule has 1 aromatic rings. The molecule has 0 bridgehead atoms. The second-order valence-electron chi connectivity index (χ2n) is 6.43. The Kier molecular flexibility index (Phi) is 10.0. The third-order valence-electron chi connectivity index (χ3n) is 3.90. The molecule has 0 saturated heterocycles. The third-order valence-corrected chi connectivity index (χ3v) is 5.45. The van der Waals surface area contributed by atoms with Gasteiger partial charge in [-0.05, 0) is 42.9 Å². The van der Waals surface area contributed by atoms with Crippen molar-refractivity contribution in [2.75, 3.05) is 18.8 Å². The van der Waals surface area contributed by atoms with Gasteiger partial charge in [0.15, 0.2) is 0 Å². The molecule has 0 spiro atoms. The molecule has 1 atom stereocenters. The number of benzene rings is 1. The SMILES string of the molecule is CCCS(=O)(=O)NCC(C)c1ccc(C#CCCCCNC(C)=O)cc1. The molecule has 5 nitrogen and oxygen atoms in total. The maximum Gasteiger partial charge on any atom is 0.216 e. The summed E-state index contributed by atoms with van der Waals surface area (Å²) in [7, 11) is -3.16. The number of amides is 1. The Bertz CT molecular complexity index is 716. The maximum absolute atomic E-state index is 11.7. The zero-order chi connectivity index (χ0) is 19.4. The van der Waals surface area contributed by atoms with E-state index in [0.29, 0.717) is 19.5 Å². The quantitative estimate of drug-likeness (QED) is 0.486. The molecule has 0 aliphatic carbocycles. The van der Waals surface area contributed by atoms with Crippen LogP contribution in [0.4, 0.5) is 0 Å². The summed E-state index contributed by atoms with van der Waals surface area (Å²) in [5.41, 5.74) is 2.04. The van der Waals surface area contributed by atoms with Crippen molar-refractivity contribution in [3.05, 3.63) is 35.4 Å². The number of hydrogen-bond acceptors (Lipinski definition) is 3. The van der Waals surface area contributed by atoms with Crippen LogP contribution in [0.5, 0.6) is 0 Å². The Morgan fingerprint density at radius 1 is 1.19 bits per heavy atom. The van der Waals surface area contributed by atoms with E-state index in [1.54, 1.807) is 0 Å². The number of carbonyl (C=O) groups is 1. The smallest absolute Gasteiger partial charge is 0.216 e. The van der Waals surface area contributed by atoms with Crippen LogP contribution >= 0.6 is 0 Å². The van der Waals surface area contributed by atoms with Gasteiger partial charge in [-0.2, -0.15) is 0 Å². The monoisotopic (exact) mass is 378 g/mol. The summed E-state index contributed by atoms with van der Waals surface area (Å²) in [5.74, 6) is 6.56. The summed E-state index contributed by atoms with van der Waals surface area (Å²) in [6.07, 6.45) is 3.31. The van der Waals surface area contributed by atoms with Crippen LogP contribution < -0.4 is 10.0 Å². The molecular weight excluding hydrogens is 348 g/mol. The molecule has 1 amide bonds. The van der Waals surface area contributed by atoms with Crippen LogP contribution in [0.15, 0.2) is 24.3 Å². The lowest BCUT2D eigenvalue weighted by Gasteiger charge is -2.13. The van der Waals surface area contributed by atoms with E-state index in [1.165, 1.54) is 6.92 Å². The van der Waals surface area contributed by atoms with Crippen LogP contribution in [0.3, 0.4) is 0 Å². The standard InChI is InChI=1S/C20H30N2O3S/c1-4-15-26(24,25)22-16-17(2)20-12-10-19(11-13-20)9-7-5-6-8-14-21-18(3)23/h10-13,17,22H,4-6,8,14-16H2,1-3H3,(H,21,23). The summed E-state index contributed by atoms with van der Waals surface area (Å²) in [6.45, 7) is 6.48. The number of rotatable bonds is 10. The zero-order valence-corrected chi connectivity index (χ0v) is 16.8.